The van der Waals surface area contributed by atoms with E-state index in [-0.39, 0.29) is 48.4 Å². The van der Waals surface area contributed by atoms with Crippen LogP contribution in [-0.4, -0.2) is 292 Å². The van der Waals surface area contributed by atoms with Gasteiger partial charge in [-0.2, -0.15) is 5.10 Å². The average molecular weight is 1580 g/mol. The number of rotatable bonds is 30. The van der Waals surface area contributed by atoms with Crippen molar-refractivity contribution in [2.75, 3.05) is 72.8 Å². The number of unbranched alkanes of at least 4 members (excludes halogenated alkanes) is 3. The summed E-state index contributed by atoms with van der Waals surface area (Å²) in [6.45, 7) is 3.31. The highest BCUT2D eigenvalue weighted by Gasteiger charge is 2.50. The van der Waals surface area contributed by atoms with Gasteiger partial charge in [0.2, 0.25) is 40.4 Å². The van der Waals surface area contributed by atoms with E-state index in [9.17, 15) is 74.7 Å². The summed E-state index contributed by atoms with van der Waals surface area (Å²) in [6, 6.07) is 5.77. The number of fused-ring (bicyclic) bond motifs is 3. The molecule has 1 saturated carbocycles. The van der Waals surface area contributed by atoms with E-state index < -0.39 is 184 Å². The Hall–Kier alpha value is -7.80. The number of benzene rings is 3. The largest absolute Gasteiger partial charge is 0.504 e. The van der Waals surface area contributed by atoms with Crippen LogP contribution in [0.1, 0.15) is 113 Å². The van der Waals surface area contributed by atoms with Gasteiger partial charge in [-0.05, 0) is 125 Å². The van der Waals surface area contributed by atoms with E-state index in [0.717, 1.165) is 117 Å². The number of methoxy groups -OCH3 is 1. The standard InChI is InChI=1S/C73H102N12O23S2/c1-40-35-84-63(64(40)94)69(99)75-34-48(89)32-53(76-65(95)44-11-9-43(10-12-44)54-37-85-73(77-54)109-70(81-85)45-13-17-51(18-14-45)105-52-23-26-82(27-24-52)47-15-19-50(20-16-47)104-29-7-5-4-6-28-103-3)66(96)78-60(41(2)88)71(100)83-36-49(90)33-55(83)67(97)79-61(58(93)30-42-8-21-56(91)59(31-42)106-110-108-107-102)68(98)80-62(72(84)101)57(92)22-25-74-46(38-86)39-87/h8-14,17-18,21,31,37,40-41,46-50,52-53,55,57-58,60-64,74,86-94,102H,4-7,15-16,19-20,22-30,32-36,38-39H2,1-3H3,(H,75,99)(H,76,95)(H,78,96)(H,79,97)(H,80,98)/t40-,41+,47?,48+,49+,50?,53-,55-,57?,58+,60-,61-,62-,63-,64-/m0/s1. The topological polar surface area (TPSA) is 489 Å². The highest BCUT2D eigenvalue weighted by Crippen LogP contribution is 2.35. The number of imidazole rings is 1. The molecule has 37 heteroatoms. The Morgan fingerprint density at radius 2 is 1.43 bits per heavy atom. The second-order valence-corrected chi connectivity index (χ2v) is 30.2. The van der Waals surface area contributed by atoms with Crippen molar-refractivity contribution in [1.82, 2.24) is 61.2 Å². The van der Waals surface area contributed by atoms with E-state index in [1.54, 1.807) is 30.0 Å². The normalized spacial score (nSPS) is 26.1. The lowest BCUT2D eigenvalue weighted by Crippen LogP contribution is -2.64. The number of nitrogens with one attached hydrogen (secondary N) is 6. The number of amides is 7. The van der Waals surface area contributed by atoms with Gasteiger partial charge in [-0.1, -0.05) is 58.7 Å². The maximum Gasteiger partial charge on any atom is 0.261 e. The molecule has 0 radical (unpaired) electrons. The SMILES string of the molecule is COCCCCCCOC1CCC(N2CCC(Oc3ccc(-c4nn5cc(-c6ccc(C(=O)N[C@H]7C[C@@H](O)CNC(=O)[C@@H]8[C@@H](O)[C@@H](C)CN8C(=O)[C@H](C(O)CCNC(CO)CO)NC(=O)[C@H]([C@H](O)Cc8ccc(O)c(OSOOO)c8)NC(=O)[C@@H]8C[C@@H](O)CN8C(=O)[C@H]([C@@H](C)O)NC7=O)cc6)nc5s4)cc3)CC2)CC1. The fraction of sp³-hybridized carbons (Fsp3) is 0.603. The number of hydrogen-bond donors (Lipinski definition) is 16. The fourth-order valence-corrected chi connectivity index (χ4v) is 15.8. The van der Waals surface area contributed by atoms with Crippen LogP contribution in [0.4, 0.5) is 0 Å². The van der Waals surface area contributed by atoms with Crippen LogP contribution in [0.25, 0.3) is 26.8 Å². The van der Waals surface area contributed by atoms with Crippen LogP contribution >= 0.6 is 23.7 Å². The molecule has 10 rings (SSSR count). The molecule has 0 spiro atoms. The zero-order valence-electron chi connectivity index (χ0n) is 61.5. The van der Waals surface area contributed by atoms with Gasteiger partial charge in [-0.25, -0.2) is 14.8 Å². The number of likely N-dealkylation sites (tertiary alicyclic amines) is 1. The molecule has 1 aliphatic carbocycles. The van der Waals surface area contributed by atoms with Crippen LogP contribution in [0.15, 0.2) is 72.9 Å². The summed E-state index contributed by atoms with van der Waals surface area (Å²) >= 11 is 1.44. The minimum atomic E-state index is -2.17. The van der Waals surface area contributed by atoms with E-state index in [2.05, 4.69) is 46.2 Å². The van der Waals surface area contributed by atoms with Crippen LogP contribution < -0.4 is 40.8 Å². The molecule has 16 N–H and O–H groups in total. The number of ether oxygens (including phenoxy) is 3. The van der Waals surface area contributed by atoms with Crippen LogP contribution in [0.5, 0.6) is 17.2 Å². The van der Waals surface area contributed by atoms with Gasteiger partial charge in [0.25, 0.3) is 18.2 Å². The van der Waals surface area contributed by atoms with E-state index in [1.165, 1.54) is 55.4 Å². The monoisotopic (exact) mass is 1580 g/mol. The Morgan fingerprint density at radius 1 is 0.745 bits per heavy atom. The van der Waals surface area contributed by atoms with Crippen molar-refractivity contribution in [3.8, 4) is 39.1 Å². The van der Waals surface area contributed by atoms with E-state index in [4.69, 9.17) is 33.7 Å². The van der Waals surface area contributed by atoms with Crippen molar-refractivity contribution in [2.24, 2.45) is 5.92 Å². The van der Waals surface area contributed by atoms with E-state index in [1.807, 2.05) is 24.3 Å². The van der Waals surface area contributed by atoms with Crippen molar-refractivity contribution < 1.29 is 113 Å². The molecule has 4 aliphatic heterocycles. The molecule has 110 heavy (non-hydrogen) atoms. The summed E-state index contributed by atoms with van der Waals surface area (Å²) in [5.74, 6) is -8.86. The number of carbonyl (C=O) groups is 7. The van der Waals surface area contributed by atoms with E-state index >= 15 is 4.79 Å². The molecule has 5 aliphatic rings. The van der Waals surface area contributed by atoms with Gasteiger partial charge in [0, 0.05) is 101 Å². The van der Waals surface area contributed by atoms with Gasteiger partial charge in [0.1, 0.15) is 53.1 Å². The molecular formula is C73H102N12O23S2. The van der Waals surface area contributed by atoms with Crippen LogP contribution in [-0.2, 0) is 54.0 Å². The number of β-amino-alcohol motifs (C(OH)–C–C–N with tert-alkyl or cyclic N) is 1. The third-order valence-electron chi connectivity index (χ3n) is 20.8. The third kappa shape index (κ3) is 22.3. The molecule has 4 saturated heterocycles. The summed E-state index contributed by atoms with van der Waals surface area (Å²) in [4.78, 5) is 113. The van der Waals surface area contributed by atoms with Crippen LogP contribution in [0.2, 0.25) is 0 Å². The maximum atomic E-state index is 15.0. The predicted octanol–water partition coefficient (Wildman–Crippen LogP) is -0.147. The van der Waals surface area contributed by atoms with Gasteiger partial charge >= 0.3 is 0 Å². The predicted molar refractivity (Wildman–Crippen MR) is 396 cm³/mol. The van der Waals surface area contributed by atoms with Crippen molar-refractivity contribution in [1.29, 1.82) is 0 Å². The maximum absolute atomic E-state index is 15.0. The smallest absolute Gasteiger partial charge is 0.261 e. The van der Waals surface area contributed by atoms with E-state index in [0.29, 0.717) is 28.4 Å². The van der Waals surface area contributed by atoms with Crippen molar-refractivity contribution in [3.63, 3.8) is 0 Å². The zero-order valence-corrected chi connectivity index (χ0v) is 63.1. The summed E-state index contributed by atoms with van der Waals surface area (Å²) in [6.07, 6.45) is 0.475. The highest BCUT2D eigenvalue weighted by molar-refractivity contribution is 7.90. The molecule has 604 valence electrons. The molecule has 13 atom stereocenters. The van der Waals surface area contributed by atoms with Gasteiger partial charge in [0.05, 0.1) is 73.9 Å². The zero-order chi connectivity index (χ0) is 78.7. The third-order valence-corrected chi connectivity index (χ3v) is 22.2. The highest BCUT2D eigenvalue weighted by atomic mass is 32.2. The van der Waals surface area contributed by atoms with Crippen LogP contribution in [0, 0.1) is 5.92 Å². The van der Waals surface area contributed by atoms with Crippen molar-refractivity contribution in [2.45, 2.75) is 201 Å². The first-order valence-electron chi connectivity index (χ1n) is 37.3. The second kappa shape index (κ2) is 40.6. The number of hydrogen-bond acceptors (Lipinski definition) is 29. The number of aliphatic hydroxyl groups is 8. The number of piperidine rings is 1. The molecule has 0 bridgehead atoms. The Bertz CT molecular complexity index is 3810. The number of phenols is 1. The molecule has 2 aromatic heterocycles. The molecule has 5 fully saturated rings. The molecule has 5 aromatic rings. The first-order valence-corrected chi connectivity index (χ1v) is 38.8. The Balaban J connectivity index is 0.826. The number of aromatic nitrogens is 3. The van der Waals surface area contributed by atoms with Gasteiger partial charge in [-0.3, -0.25) is 33.6 Å². The van der Waals surface area contributed by atoms with Gasteiger partial charge in [-0.15, -0.1) is 0 Å². The molecule has 35 nitrogen and oxygen atoms in total. The number of aliphatic hydroxyl groups excluding tert-OH is 8. The lowest BCUT2D eigenvalue weighted by Gasteiger charge is -2.40. The quantitative estimate of drug-likeness (QED) is 0.0123. The summed E-state index contributed by atoms with van der Waals surface area (Å²) in [5, 5.41) is 132. The molecule has 3 aromatic carbocycles. The minimum absolute atomic E-state index is 0.00893. The summed E-state index contributed by atoms with van der Waals surface area (Å²) < 4.78 is 28.9. The fourth-order valence-electron chi connectivity index (χ4n) is 14.6. The molecule has 6 heterocycles. The van der Waals surface area contributed by atoms with Gasteiger partial charge in [0.15, 0.2) is 11.5 Å². The van der Waals surface area contributed by atoms with Crippen molar-refractivity contribution in [3.05, 3.63) is 84.1 Å². The number of carbonyl (C=O) groups excluding carboxylic acids is 7. The number of phenolic OH excluding ortho intramolecular Hbond substituents is 1. The summed E-state index contributed by atoms with van der Waals surface area (Å²) in [7, 11) is 1.74. The second-order valence-electron chi connectivity index (χ2n) is 28.8. The average Bonchev–Trinajstić information content (AvgIpc) is 1.74. The lowest BCUT2D eigenvalue weighted by molar-refractivity contribution is -0.433. The Labute approximate surface area is 643 Å². The Kier molecular flexibility index (Phi) is 31.2. The summed E-state index contributed by atoms with van der Waals surface area (Å²) in [5.41, 5.74) is 2.09. The number of nitrogens with zero attached hydrogens (tertiary/aromatic N) is 6. The molecule has 7 amide bonds. The van der Waals surface area contributed by atoms with Crippen LogP contribution in [0.3, 0.4) is 0 Å². The lowest BCUT2D eigenvalue weighted by atomic mass is 9.90. The van der Waals surface area contributed by atoms with Crippen molar-refractivity contribution >= 4 is 70.0 Å². The van der Waals surface area contributed by atoms with Gasteiger partial charge < -0.3 is 111 Å². The Morgan fingerprint density at radius 3 is 2.11 bits per heavy atom. The minimum Gasteiger partial charge on any atom is -0.504 e. The number of aromatic hydroxyl groups is 1. The molecule has 1 unspecified atom stereocenters. The first-order chi connectivity index (χ1) is 52.9. The first kappa shape index (κ1) is 84.6. The molecular weight excluding hydrogens is 1480 g/mol.